The van der Waals surface area contributed by atoms with E-state index in [1.165, 1.54) is 11.8 Å². The van der Waals surface area contributed by atoms with Crippen molar-refractivity contribution >= 4 is 23.4 Å². The second-order valence-corrected chi connectivity index (χ2v) is 4.19. The third-order valence-electron chi connectivity index (χ3n) is 1.74. The Kier molecular flexibility index (Phi) is 3.44. The number of hydrogen-bond acceptors (Lipinski definition) is 5. The number of nitrogens with zero attached hydrogens (tertiary/aromatic N) is 3. The lowest BCUT2D eigenvalue weighted by Crippen LogP contribution is -1.76. The molecule has 2 rings (SSSR count). The van der Waals surface area contributed by atoms with Crippen molar-refractivity contribution in [2.45, 2.75) is 5.22 Å². The number of rotatable bonds is 3. The highest BCUT2D eigenvalue weighted by Gasteiger charge is 2.08. The number of thioether (sulfide) groups is 1. The predicted octanol–water partition coefficient (Wildman–Crippen LogP) is 3.01. The van der Waals surface area contributed by atoms with E-state index in [2.05, 4.69) is 10.2 Å². The van der Waals surface area contributed by atoms with E-state index in [1.807, 2.05) is 18.2 Å². The fourth-order valence-electron chi connectivity index (χ4n) is 1.10. The van der Waals surface area contributed by atoms with Crippen LogP contribution in [0.25, 0.3) is 11.5 Å². The van der Waals surface area contributed by atoms with Crippen molar-refractivity contribution in [1.82, 2.24) is 10.2 Å². The van der Waals surface area contributed by atoms with E-state index < -0.39 is 0 Å². The van der Waals surface area contributed by atoms with Crippen LogP contribution in [0.4, 0.5) is 0 Å². The van der Waals surface area contributed by atoms with Crippen LogP contribution in [0.1, 0.15) is 0 Å². The van der Waals surface area contributed by atoms with Crippen LogP contribution in [-0.4, -0.2) is 16.0 Å². The van der Waals surface area contributed by atoms with Gasteiger partial charge in [0.05, 0.1) is 11.8 Å². The Hall–Kier alpha value is -1.51. The van der Waals surface area contributed by atoms with Gasteiger partial charge in [0.25, 0.3) is 5.22 Å². The van der Waals surface area contributed by atoms with Gasteiger partial charge >= 0.3 is 0 Å². The normalized spacial score (nSPS) is 10.0. The number of halogens is 1. The minimum atomic E-state index is 0.289. The quantitative estimate of drug-likeness (QED) is 0.785. The molecule has 0 aliphatic rings. The maximum atomic E-state index is 8.41. The van der Waals surface area contributed by atoms with Crippen molar-refractivity contribution in [2.75, 3.05) is 5.75 Å². The lowest BCUT2D eigenvalue weighted by Gasteiger charge is -1.94. The van der Waals surface area contributed by atoms with Gasteiger partial charge in [-0.15, -0.1) is 10.2 Å². The lowest BCUT2D eigenvalue weighted by atomic mass is 10.2. The first-order chi connectivity index (χ1) is 7.79. The molecule has 0 radical (unpaired) electrons. The molecular formula is C10H6ClN3OS. The van der Waals surface area contributed by atoms with Gasteiger partial charge in [0.1, 0.15) is 0 Å². The van der Waals surface area contributed by atoms with Gasteiger partial charge in [0.2, 0.25) is 5.89 Å². The van der Waals surface area contributed by atoms with Crippen LogP contribution in [0.5, 0.6) is 0 Å². The molecule has 0 fully saturated rings. The molecule has 1 heterocycles. The largest absolute Gasteiger partial charge is 0.411 e. The van der Waals surface area contributed by atoms with Crippen LogP contribution < -0.4 is 0 Å². The Bertz CT molecular complexity index is 535. The van der Waals surface area contributed by atoms with Crippen molar-refractivity contribution in [3.05, 3.63) is 29.3 Å². The number of nitriles is 1. The van der Waals surface area contributed by atoms with Gasteiger partial charge in [-0.25, -0.2) is 0 Å². The predicted molar refractivity (Wildman–Crippen MR) is 61.1 cm³/mol. The van der Waals surface area contributed by atoms with Crippen LogP contribution in [-0.2, 0) is 0 Å². The van der Waals surface area contributed by atoms with Gasteiger partial charge in [-0.1, -0.05) is 29.4 Å². The topological polar surface area (TPSA) is 62.7 Å². The molecule has 0 saturated carbocycles. The standard InChI is InChI=1S/C10H6ClN3OS/c11-8-3-1-2-7(6-8)9-13-14-10(15-9)16-5-4-12/h1-3,6H,5H2. The Morgan fingerprint density at radius 2 is 2.31 bits per heavy atom. The summed E-state index contributed by atoms with van der Waals surface area (Å²) in [6.45, 7) is 0. The van der Waals surface area contributed by atoms with E-state index >= 15 is 0 Å². The first-order valence-corrected chi connectivity index (χ1v) is 5.75. The molecule has 1 aromatic carbocycles. The van der Waals surface area contributed by atoms with Crippen molar-refractivity contribution in [1.29, 1.82) is 5.26 Å². The monoisotopic (exact) mass is 251 g/mol. The summed E-state index contributed by atoms with van der Waals surface area (Å²) in [7, 11) is 0. The van der Waals surface area contributed by atoms with Crippen molar-refractivity contribution < 1.29 is 4.42 Å². The van der Waals surface area contributed by atoms with Crippen molar-refractivity contribution in [2.24, 2.45) is 0 Å². The maximum absolute atomic E-state index is 8.41. The average Bonchev–Trinajstić information content (AvgIpc) is 2.75. The molecule has 0 unspecified atom stereocenters. The molecule has 0 bridgehead atoms. The van der Waals surface area contributed by atoms with Gasteiger partial charge in [0, 0.05) is 10.6 Å². The summed E-state index contributed by atoms with van der Waals surface area (Å²) in [5, 5.41) is 17.1. The maximum Gasteiger partial charge on any atom is 0.277 e. The number of benzene rings is 1. The molecule has 0 N–H and O–H groups in total. The molecule has 0 atom stereocenters. The molecule has 0 saturated heterocycles. The molecular weight excluding hydrogens is 246 g/mol. The molecule has 0 aliphatic carbocycles. The Morgan fingerprint density at radius 1 is 1.44 bits per heavy atom. The van der Waals surface area contributed by atoms with E-state index in [1.54, 1.807) is 12.1 Å². The smallest absolute Gasteiger partial charge is 0.277 e. The fraction of sp³-hybridized carbons (Fsp3) is 0.100. The summed E-state index contributed by atoms with van der Waals surface area (Å²) in [6.07, 6.45) is 0. The van der Waals surface area contributed by atoms with E-state index in [-0.39, 0.29) is 5.75 Å². The molecule has 16 heavy (non-hydrogen) atoms. The highest BCUT2D eigenvalue weighted by atomic mass is 35.5. The Balaban J connectivity index is 2.22. The summed E-state index contributed by atoms with van der Waals surface area (Å²) < 4.78 is 5.36. The van der Waals surface area contributed by atoms with Crippen LogP contribution in [0, 0.1) is 11.3 Å². The van der Waals surface area contributed by atoms with Crippen molar-refractivity contribution in [3.63, 3.8) is 0 Å². The van der Waals surface area contributed by atoms with Crippen LogP contribution in [0.15, 0.2) is 33.9 Å². The second kappa shape index (κ2) is 5.01. The van der Waals surface area contributed by atoms with E-state index in [0.29, 0.717) is 16.1 Å². The van der Waals surface area contributed by atoms with E-state index in [0.717, 1.165) is 5.56 Å². The summed E-state index contributed by atoms with van der Waals surface area (Å²) in [5.74, 6) is 0.694. The third kappa shape index (κ3) is 2.54. The van der Waals surface area contributed by atoms with Gasteiger partial charge in [0.15, 0.2) is 0 Å². The lowest BCUT2D eigenvalue weighted by molar-refractivity contribution is 0.466. The van der Waals surface area contributed by atoms with Crippen molar-refractivity contribution in [3.8, 4) is 17.5 Å². The third-order valence-corrected chi connectivity index (χ3v) is 2.66. The molecule has 0 aliphatic heterocycles. The van der Waals surface area contributed by atoms with Gasteiger partial charge in [-0.2, -0.15) is 5.26 Å². The van der Waals surface area contributed by atoms with E-state index in [4.69, 9.17) is 21.3 Å². The highest BCUT2D eigenvalue weighted by molar-refractivity contribution is 7.99. The zero-order valence-electron chi connectivity index (χ0n) is 8.05. The summed E-state index contributed by atoms with van der Waals surface area (Å²) in [4.78, 5) is 0. The molecule has 0 spiro atoms. The van der Waals surface area contributed by atoms with Crippen LogP contribution in [0.2, 0.25) is 5.02 Å². The average molecular weight is 252 g/mol. The minimum Gasteiger partial charge on any atom is -0.411 e. The van der Waals surface area contributed by atoms with Gasteiger partial charge < -0.3 is 4.42 Å². The zero-order valence-corrected chi connectivity index (χ0v) is 9.63. The number of aromatic nitrogens is 2. The molecule has 6 heteroatoms. The molecule has 1 aromatic heterocycles. The molecule has 4 nitrogen and oxygen atoms in total. The molecule has 0 amide bonds. The zero-order chi connectivity index (χ0) is 11.4. The number of hydrogen-bond donors (Lipinski definition) is 0. The Labute approximate surface area is 101 Å². The first-order valence-electron chi connectivity index (χ1n) is 4.39. The van der Waals surface area contributed by atoms with Gasteiger partial charge in [-0.3, -0.25) is 0 Å². The molecule has 80 valence electrons. The second-order valence-electron chi connectivity index (χ2n) is 2.83. The SMILES string of the molecule is N#CCSc1nnc(-c2cccc(Cl)c2)o1. The van der Waals surface area contributed by atoms with Crippen LogP contribution >= 0.6 is 23.4 Å². The minimum absolute atomic E-state index is 0.289. The first kappa shape index (κ1) is 11.0. The Morgan fingerprint density at radius 3 is 3.06 bits per heavy atom. The summed E-state index contributed by atoms with van der Waals surface area (Å²) in [5.41, 5.74) is 0.767. The highest BCUT2D eigenvalue weighted by Crippen LogP contribution is 2.24. The van der Waals surface area contributed by atoms with Gasteiger partial charge in [-0.05, 0) is 18.2 Å². The fourth-order valence-corrected chi connectivity index (χ4v) is 1.72. The molecule has 2 aromatic rings. The summed E-state index contributed by atoms with van der Waals surface area (Å²) in [6, 6.07) is 9.14. The van der Waals surface area contributed by atoms with E-state index in [9.17, 15) is 0 Å². The van der Waals surface area contributed by atoms with Crippen LogP contribution in [0.3, 0.4) is 0 Å². The summed E-state index contributed by atoms with van der Waals surface area (Å²) >= 11 is 7.05.